The summed E-state index contributed by atoms with van der Waals surface area (Å²) in [7, 11) is 4.11. The number of rotatable bonds is 7. The van der Waals surface area contributed by atoms with Crippen molar-refractivity contribution in [2.75, 3.05) is 20.7 Å². The predicted octanol–water partition coefficient (Wildman–Crippen LogP) is 1.20. The van der Waals surface area contributed by atoms with Gasteiger partial charge in [-0.1, -0.05) is 12.1 Å². The minimum atomic E-state index is 0.658. The molecule has 0 unspecified atom stereocenters. The van der Waals surface area contributed by atoms with Crippen LogP contribution in [0.4, 0.5) is 0 Å². The number of ether oxygens (including phenoxy) is 1. The molecule has 0 aliphatic rings. The maximum Gasteiger partial charge on any atom is 0.138 e. The first-order valence-corrected chi connectivity index (χ1v) is 6.31. The lowest BCUT2D eigenvalue weighted by atomic mass is 10.2. The number of aryl methyl sites for hydroxylation is 1. The van der Waals surface area contributed by atoms with Crippen LogP contribution in [-0.2, 0) is 13.1 Å². The minimum Gasteiger partial charge on any atom is -0.494 e. The number of hydrogen-bond donors (Lipinski definition) is 0. The van der Waals surface area contributed by atoms with Crippen LogP contribution in [0.2, 0.25) is 0 Å². The third-order valence-electron chi connectivity index (χ3n) is 2.59. The number of aromatic nitrogens is 4. The Morgan fingerprint density at radius 3 is 2.95 bits per heavy atom. The highest BCUT2D eigenvalue weighted by Gasteiger charge is 1.99. The van der Waals surface area contributed by atoms with E-state index in [1.807, 2.05) is 12.1 Å². The van der Waals surface area contributed by atoms with Gasteiger partial charge in [0.1, 0.15) is 12.1 Å². The van der Waals surface area contributed by atoms with Crippen LogP contribution in [-0.4, -0.2) is 45.8 Å². The molecule has 0 radical (unpaired) electrons. The highest BCUT2D eigenvalue weighted by molar-refractivity contribution is 5.28. The largest absolute Gasteiger partial charge is 0.494 e. The molecule has 2 rings (SSSR count). The monoisotopic (exact) mass is 261 g/mol. The summed E-state index contributed by atoms with van der Waals surface area (Å²) in [5.41, 5.74) is 1.25. The molecule has 102 valence electrons. The quantitative estimate of drug-likeness (QED) is 0.701. The Morgan fingerprint density at radius 2 is 2.21 bits per heavy atom. The third-order valence-corrected chi connectivity index (χ3v) is 2.59. The van der Waals surface area contributed by atoms with Crippen molar-refractivity contribution >= 4 is 0 Å². The lowest BCUT2D eigenvalue weighted by molar-refractivity contribution is 0.297. The topological polar surface area (TPSA) is 56.1 Å². The lowest BCUT2D eigenvalue weighted by Crippen LogP contribution is -2.10. The van der Waals surface area contributed by atoms with Gasteiger partial charge in [0, 0.05) is 19.5 Å². The maximum absolute atomic E-state index is 5.73. The van der Waals surface area contributed by atoms with Crippen molar-refractivity contribution in [2.45, 2.75) is 19.5 Å². The highest BCUT2D eigenvalue weighted by atomic mass is 16.5. The summed E-state index contributed by atoms with van der Waals surface area (Å²) in [5.74, 6) is 0.913. The van der Waals surface area contributed by atoms with E-state index in [4.69, 9.17) is 4.74 Å². The van der Waals surface area contributed by atoms with E-state index in [1.165, 1.54) is 5.56 Å². The molecule has 6 nitrogen and oxygen atoms in total. The van der Waals surface area contributed by atoms with Crippen LogP contribution in [0, 0.1) is 0 Å². The second-order valence-electron chi connectivity index (χ2n) is 4.66. The summed E-state index contributed by atoms with van der Waals surface area (Å²) < 4.78 is 7.43. The van der Waals surface area contributed by atoms with Crippen LogP contribution in [0.1, 0.15) is 12.0 Å². The molecule has 0 saturated carbocycles. The van der Waals surface area contributed by atoms with E-state index < -0.39 is 0 Å². The van der Waals surface area contributed by atoms with Crippen LogP contribution in [0.15, 0.2) is 30.6 Å². The van der Waals surface area contributed by atoms with Gasteiger partial charge in [0.25, 0.3) is 0 Å². The molecule has 0 bridgehead atoms. The summed E-state index contributed by atoms with van der Waals surface area (Å²) in [6, 6.07) is 8.19. The molecule has 1 heterocycles. The first kappa shape index (κ1) is 13.5. The molecule has 2 aromatic rings. The van der Waals surface area contributed by atoms with E-state index in [2.05, 4.69) is 46.7 Å². The summed E-state index contributed by atoms with van der Waals surface area (Å²) in [5, 5.41) is 11.0. The summed E-state index contributed by atoms with van der Waals surface area (Å²) in [6.07, 6.45) is 2.49. The van der Waals surface area contributed by atoms with Gasteiger partial charge in [0.15, 0.2) is 0 Å². The molecule has 0 saturated heterocycles. The van der Waals surface area contributed by atoms with Gasteiger partial charge in [0.05, 0.1) is 6.61 Å². The number of benzene rings is 1. The fraction of sp³-hybridized carbons (Fsp3) is 0.462. The molecule has 0 fully saturated rings. The fourth-order valence-corrected chi connectivity index (χ4v) is 1.80. The van der Waals surface area contributed by atoms with Crippen LogP contribution < -0.4 is 4.74 Å². The molecule has 1 aromatic carbocycles. The lowest BCUT2D eigenvalue weighted by Gasteiger charge is -2.11. The van der Waals surface area contributed by atoms with Crippen LogP contribution in [0.3, 0.4) is 0 Å². The Labute approximate surface area is 113 Å². The Bertz CT molecular complexity index is 484. The Kier molecular flexibility index (Phi) is 4.85. The first-order chi connectivity index (χ1) is 9.24. The zero-order chi connectivity index (χ0) is 13.5. The van der Waals surface area contributed by atoms with Gasteiger partial charge in [0.2, 0.25) is 0 Å². The van der Waals surface area contributed by atoms with E-state index >= 15 is 0 Å². The Balaban J connectivity index is 1.76. The molecule has 0 aliphatic carbocycles. The molecule has 1 aromatic heterocycles. The first-order valence-electron chi connectivity index (χ1n) is 6.31. The van der Waals surface area contributed by atoms with Gasteiger partial charge in [-0.15, -0.1) is 5.10 Å². The van der Waals surface area contributed by atoms with Crippen molar-refractivity contribution < 1.29 is 4.74 Å². The average molecular weight is 261 g/mol. The Hall–Kier alpha value is -1.95. The smallest absolute Gasteiger partial charge is 0.138 e. The van der Waals surface area contributed by atoms with E-state index in [-0.39, 0.29) is 0 Å². The number of tetrazole rings is 1. The molecule has 6 heteroatoms. The zero-order valence-corrected chi connectivity index (χ0v) is 11.4. The summed E-state index contributed by atoms with van der Waals surface area (Å²) in [4.78, 5) is 2.14. The van der Waals surface area contributed by atoms with E-state index in [0.29, 0.717) is 6.61 Å². The third kappa shape index (κ3) is 4.67. The van der Waals surface area contributed by atoms with Gasteiger partial charge >= 0.3 is 0 Å². The molecule has 0 spiro atoms. The average Bonchev–Trinajstić information content (AvgIpc) is 2.87. The van der Waals surface area contributed by atoms with Crippen LogP contribution >= 0.6 is 0 Å². The molecule has 0 atom stereocenters. The fourth-order valence-electron chi connectivity index (χ4n) is 1.80. The maximum atomic E-state index is 5.73. The highest BCUT2D eigenvalue weighted by Crippen LogP contribution is 2.14. The second-order valence-corrected chi connectivity index (χ2v) is 4.66. The van der Waals surface area contributed by atoms with Gasteiger partial charge in [-0.3, -0.25) is 0 Å². The van der Waals surface area contributed by atoms with E-state index in [0.717, 1.165) is 25.3 Å². The predicted molar refractivity (Wildman–Crippen MR) is 71.8 cm³/mol. The summed E-state index contributed by atoms with van der Waals surface area (Å²) >= 11 is 0. The van der Waals surface area contributed by atoms with Crippen molar-refractivity contribution in [3.63, 3.8) is 0 Å². The van der Waals surface area contributed by atoms with Crippen molar-refractivity contribution in [3.05, 3.63) is 36.2 Å². The minimum absolute atomic E-state index is 0.658. The van der Waals surface area contributed by atoms with Crippen LogP contribution in [0.25, 0.3) is 0 Å². The second kappa shape index (κ2) is 6.84. The van der Waals surface area contributed by atoms with E-state index in [9.17, 15) is 0 Å². The molecule has 0 N–H and O–H groups in total. The van der Waals surface area contributed by atoms with Crippen LogP contribution in [0.5, 0.6) is 5.75 Å². The van der Waals surface area contributed by atoms with Crippen molar-refractivity contribution in [3.8, 4) is 5.75 Å². The van der Waals surface area contributed by atoms with Gasteiger partial charge in [-0.25, -0.2) is 4.68 Å². The zero-order valence-electron chi connectivity index (χ0n) is 11.4. The van der Waals surface area contributed by atoms with Crippen molar-refractivity contribution in [2.24, 2.45) is 0 Å². The van der Waals surface area contributed by atoms with E-state index in [1.54, 1.807) is 11.0 Å². The standard InChI is InChI=1S/C13H19N5O/c1-17(2)10-12-5-3-6-13(9-12)19-8-4-7-18-11-14-15-16-18/h3,5-6,9,11H,4,7-8,10H2,1-2H3. The SMILES string of the molecule is CN(C)Cc1cccc(OCCCn2cnnn2)c1. The van der Waals surface area contributed by atoms with Crippen molar-refractivity contribution in [1.82, 2.24) is 25.1 Å². The number of hydrogen-bond acceptors (Lipinski definition) is 5. The number of nitrogens with zero attached hydrogens (tertiary/aromatic N) is 5. The van der Waals surface area contributed by atoms with Crippen molar-refractivity contribution in [1.29, 1.82) is 0 Å². The molecule has 0 amide bonds. The summed E-state index contributed by atoms with van der Waals surface area (Å²) in [6.45, 7) is 2.34. The Morgan fingerprint density at radius 1 is 1.32 bits per heavy atom. The molecular weight excluding hydrogens is 242 g/mol. The molecule has 19 heavy (non-hydrogen) atoms. The van der Waals surface area contributed by atoms with Gasteiger partial charge in [-0.05, 0) is 42.2 Å². The van der Waals surface area contributed by atoms with Gasteiger partial charge in [-0.2, -0.15) is 0 Å². The molecule has 0 aliphatic heterocycles. The molecular formula is C13H19N5O. The normalized spacial score (nSPS) is 10.9. The van der Waals surface area contributed by atoms with Gasteiger partial charge < -0.3 is 9.64 Å².